The van der Waals surface area contributed by atoms with Crippen molar-refractivity contribution in [2.45, 2.75) is 187 Å². The van der Waals surface area contributed by atoms with E-state index in [1.165, 1.54) is 122 Å². The van der Waals surface area contributed by atoms with E-state index >= 15 is 0 Å². The second kappa shape index (κ2) is 31.4. The summed E-state index contributed by atoms with van der Waals surface area (Å²) in [5, 5.41) is 22.8. The summed E-state index contributed by atoms with van der Waals surface area (Å²) in [6.45, 7) is 4.27. The van der Waals surface area contributed by atoms with Gasteiger partial charge in [-0.05, 0) is 32.1 Å². The molecule has 0 aliphatic carbocycles. The zero-order valence-electron chi connectivity index (χ0n) is 26.2. The van der Waals surface area contributed by atoms with Crippen molar-refractivity contribution in [1.82, 2.24) is 5.32 Å². The van der Waals surface area contributed by atoms with E-state index in [1.54, 1.807) is 6.08 Å². The smallest absolute Gasteiger partial charge is 0.220 e. The maximum absolute atomic E-state index is 12.3. The number of hydrogen-bond donors (Lipinski definition) is 3. The molecule has 3 N–H and O–H groups in total. The van der Waals surface area contributed by atoms with Crippen LogP contribution in [0.2, 0.25) is 0 Å². The average Bonchev–Trinajstić information content (AvgIpc) is 2.94. The van der Waals surface area contributed by atoms with Gasteiger partial charge >= 0.3 is 0 Å². The van der Waals surface area contributed by atoms with Crippen molar-refractivity contribution in [3.8, 4) is 0 Å². The molecule has 0 aromatic rings. The summed E-state index contributed by atoms with van der Waals surface area (Å²) < 4.78 is 0. The third kappa shape index (κ3) is 28.2. The molecular formula is C35H67NO3. The molecule has 0 spiro atoms. The highest BCUT2D eigenvalue weighted by molar-refractivity contribution is 5.76. The quantitative estimate of drug-likeness (QED) is 0.0617. The predicted molar refractivity (Wildman–Crippen MR) is 170 cm³/mol. The van der Waals surface area contributed by atoms with Crippen molar-refractivity contribution in [1.29, 1.82) is 0 Å². The fourth-order valence-electron chi connectivity index (χ4n) is 5.02. The molecule has 0 fully saturated rings. The standard InChI is InChI=1S/C35H67NO3/c1-3-5-7-9-11-13-15-17-19-20-22-24-26-28-30-34(38)33(32-37)36-35(39)31-29-27-25-23-21-18-16-14-12-10-8-6-4-2/h20,22,28,30,33-34,37-38H,3-19,21,23-27,29,31-32H2,1-2H3,(H,36,39)/b22-20+,30-28+/t33-,34+/m0/s1. The molecule has 4 heteroatoms. The molecule has 0 heterocycles. The molecule has 0 rings (SSSR count). The summed E-state index contributed by atoms with van der Waals surface area (Å²) in [5.74, 6) is -0.0755. The van der Waals surface area contributed by atoms with E-state index in [1.807, 2.05) is 6.08 Å². The van der Waals surface area contributed by atoms with E-state index in [-0.39, 0.29) is 12.5 Å². The van der Waals surface area contributed by atoms with Crippen LogP contribution in [0.3, 0.4) is 0 Å². The van der Waals surface area contributed by atoms with Gasteiger partial charge in [0.15, 0.2) is 0 Å². The summed E-state index contributed by atoms with van der Waals surface area (Å²) >= 11 is 0. The zero-order valence-corrected chi connectivity index (χ0v) is 26.2. The van der Waals surface area contributed by atoms with E-state index in [0.29, 0.717) is 6.42 Å². The Hall–Kier alpha value is -1.13. The van der Waals surface area contributed by atoms with Gasteiger partial charge in [0.2, 0.25) is 5.91 Å². The van der Waals surface area contributed by atoms with Crippen LogP contribution in [-0.4, -0.2) is 34.9 Å². The highest BCUT2D eigenvalue weighted by Gasteiger charge is 2.17. The molecule has 4 nitrogen and oxygen atoms in total. The molecule has 0 radical (unpaired) electrons. The Balaban J connectivity index is 3.69. The van der Waals surface area contributed by atoms with Crippen LogP contribution in [-0.2, 0) is 4.79 Å². The maximum atomic E-state index is 12.3. The second-order valence-electron chi connectivity index (χ2n) is 11.6. The summed E-state index contributed by atoms with van der Waals surface area (Å²) in [6, 6.07) is -0.631. The van der Waals surface area contributed by atoms with Crippen LogP contribution < -0.4 is 5.32 Å². The van der Waals surface area contributed by atoms with Crippen molar-refractivity contribution < 1.29 is 15.0 Å². The monoisotopic (exact) mass is 550 g/mol. The Labute approximate surface area is 243 Å². The van der Waals surface area contributed by atoms with Gasteiger partial charge in [0.25, 0.3) is 0 Å². The topological polar surface area (TPSA) is 69.6 Å². The van der Waals surface area contributed by atoms with Crippen molar-refractivity contribution in [2.24, 2.45) is 0 Å². The first-order valence-electron chi connectivity index (χ1n) is 17.1. The van der Waals surface area contributed by atoms with Gasteiger partial charge in [0, 0.05) is 6.42 Å². The summed E-state index contributed by atoms with van der Waals surface area (Å²) in [4.78, 5) is 12.3. The van der Waals surface area contributed by atoms with Crippen molar-refractivity contribution in [2.75, 3.05) is 6.61 Å². The third-order valence-electron chi connectivity index (χ3n) is 7.69. The minimum Gasteiger partial charge on any atom is -0.394 e. The Morgan fingerprint density at radius 3 is 1.49 bits per heavy atom. The Bertz CT molecular complexity index is 560. The number of amides is 1. The van der Waals surface area contributed by atoms with Gasteiger partial charge in [-0.2, -0.15) is 0 Å². The fraction of sp³-hybridized carbons (Fsp3) is 0.857. The zero-order chi connectivity index (χ0) is 28.7. The first-order valence-corrected chi connectivity index (χ1v) is 17.1. The highest BCUT2D eigenvalue weighted by Crippen LogP contribution is 2.13. The lowest BCUT2D eigenvalue weighted by Crippen LogP contribution is -2.45. The number of aliphatic hydroxyl groups is 2. The molecule has 0 aromatic carbocycles. The maximum Gasteiger partial charge on any atom is 0.220 e. The molecule has 2 atom stereocenters. The van der Waals surface area contributed by atoms with Crippen LogP contribution in [0.25, 0.3) is 0 Å². The van der Waals surface area contributed by atoms with Gasteiger partial charge in [0.1, 0.15) is 0 Å². The van der Waals surface area contributed by atoms with Crippen LogP contribution in [0.4, 0.5) is 0 Å². The molecular weight excluding hydrogens is 482 g/mol. The van der Waals surface area contributed by atoms with E-state index in [4.69, 9.17) is 0 Å². The SMILES string of the molecule is CCCCCCCCCC/C=C/CC/C=C/[C@@H](O)[C@H](CO)NC(=O)CCCCCCCCCCCCCCC. The molecule has 230 valence electrons. The normalized spacial score (nSPS) is 13.4. The van der Waals surface area contributed by atoms with E-state index in [2.05, 4.69) is 31.3 Å². The molecule has 0 bridgehead atoms. The van der Waals surface area contributed by atoms with Crippen molar-refractivity contribution in [3.63, 3.8) is 0 Å². The van der Waals surface area contributed by atoms with Gasteiger partial charge < -0.3 is 15.5 Å². The number of unbranched alkanes of at least 4 members (excludes halogenated alkanes) is 21. The largest absolute Gasteiger partial charge is 0.394 e. The summed E-state index contributed by atoms with van der Waals surface area (Å²) in [5.41, 5.74) is 0. The lowest BCUT2D eigenvalue weighted by atomic mass is 10.0. The number of hydrogen-bond acceptors (Lipinski definition) is 3. The van der Waals surface area contributed by atoms with Crippen LogP contribution in [0, 0.1) is 0 Å². The van der Waals surface area contributed by atoms with Crippen LogP contribution in [0.15, 0.2) is 24.3 Å². The summed E-state index contributed by atoms with van der Waals surface area (Å²) in [6.07, 6.45) is 38.2. The van der Waals surface area contributed by atoms with Gasteiger partial charge in [0.05, 0.1) is 18.8 Å². The third-order valence-corrected chi connectivity index (χ3v) is 7.69. The average molecular weight is 550 g/mol. The molecule has 0 aromatic heterocycles. The van der Waals surface area contributed by atoms with Crippen LogP contribution >= 0.6 is 0 Å². The highest BCUT2D eigenvalue weighted by atomic mass is 16.3. The first-order chi connectivity index (χ1) is 19.2. The minimum atomic E-state index is -0.855. The van der Waals surface area contributed by atoms with Gasteiger partial charge in [-0.3, -0.25) is 4.79 Å². The molecule has 0 aliphatic rings. The van der Waals surface area contributed by atoms with Gasteiger partial charge in [-0.1, -0.05) is 160 Å². The van der Waals surface area contributed by atoms with Gasteiger partial charge in [-0.15, -0.1) is 0 Å². The molecule has 0 aliphatic heterocycles. The Kier molecular flexibility index (Phi) is 30.5. The number of nitrogens with one attached hydrogen (secondary N) is 1. The van der Waals surface area contributed by atoms with E-state index in [0.717, 1.165) is 32.1 Å². The molecule has 0 saturated heterocycles. The Morgan fingerprint density at radius 1 is 0.590 bits per heavy atom. The van der Waals surface area contributed by atoms with Crippen LogP contribution in [0.5, 0.6) is 0 Å². The van der Waals surface area contributed by atoms with E-state index in [9.17, 15) is 15.0 Å². The van der Waals surface area contributed by atoms with Crippen molar-refractivity contribution >= 4 is 5.91 Å². The number of carbonyl (C=O) groups excluding carboxylic acids is 1. The predicted octanol–water partition coefficient (Wildman–Crippen LogP) is 9.73. The minimum absolute atomic E-state index is 0.0755. The van der Waals surface area contributed by atoms with E-state index < -0.39 is 12.1 Å². The fourth-order valence-corrected chi connectivity index (χ4v) is 5.02. The molecule has 39 heavy (non-hydrogen) atoms. The number of allylic oxidation sites excluding steroid dienone is 3. The first kappa shape index (κ1) is 37.9. The van der Waals surface area contributed by atoms with Crippen molar-refractivity contribution in [3.05, 3.63) is 24.3 Å². The lowest BCUT2D eigenvalue weighted by molar-refractivity contribution is -0.123. The number of rotatable bonds is 30. The lowest BCUT2D eigenvalue weighted by Gasteiger charge is -2.19. The number of aliphatic hydroxyl groups excluding tert-OH is 2. The van der Waals surface area contributed by atoms with Crippen LogP contribution in [0.1, 0.15) is 174 Å². The second-order valence-corrected chi connectivity index (χ2v) is 11.6. The van der Waals surface area contributed by atoms with Gasteiger partial charge in [-0.25, -0.2) is 0 Å². The molecule has 1 amide bonds. The summed E-state index contributed by atoms with van der Waals surface area (Å²) in [7, 11) is 0. The molecule has 0 unspecified atom stereocenters. The molecule has 0 saturated carbocycles. The Morgan fingerprint density at radius 2 is 1.00 bits per heavy atom. The number of carbonyl (C=O) groups is 1.